The molecule has 4 aliphatic heterocycles. The maximum atomic E-state index is 5.62. The number of hydrogen-bond acceptors (Lipinski definition) is 3. The highest BCUT2D eigenvalue weighted by Crippen LogP contribution is 2.43. The minimum absolute atomic E-state index is 0.333. The van der Waals surface area contributed by atoms with Crippen molar-refractivity contribution in [2.24, 2.45) is 11.3 Å². The van der Waals surface area contributed by atoms with Gasteiger partial charge in [0.15, 0.2) is 5.11 Å². The van der Waals surface area contributed by atoms with E-state index in [-0.39, 0.29) is 0 Å². The molecule has 1 aromatic rings. The highest BCUT2D eigenvalue weighted by atomic mass is 32.1. The van der Waals surface area contributed by atoms with Crippen molar-refractivity contribution >= 4 is 23.0 Å². The predicted molar refractivity (Wildman–Crippen MR) is 98.7 cm³/mol. The van der Waals surface area contributed by atoms with Gasteiger partial charge in [-0.05, 0) is 30.8 Å². The molecule has 5 heteroatoms. The van der Waals surface area contributed by atoms with Crippen LogP contribution in [0, 0.1) is 11.3 Å². The summed E-state index contributed by atoms with van der Waals surface area (Å²) in [6.07, 6.45) is 1.21. The third-order valence-corrected chi connectivity index (χ3v) is 6.17. The van der Waals surface area contributed by atoms with Crippen LogP contribution in [-0.2, 0) is 0 Å². The van der Waals surface area contributed by atoms with Gasteiger partial charge in [-0.25, -0.2) is 0 Å². The average molecular weight is 331 g/mol. The van der Waals surface area contributed by atoms with Gasteiger partial charge >= 0.3 is 0 Å². The lowest BCUT2D eigenvalue weighted by molar-refractivity contribution is -0.0268. The number of hydrogen-bond donors (Lipinski definition) is 2. The SMILES string of the molecule is CCC12CN3CCN(CC(C3)[C@H]1NC(=S)Nc1ccccc1)C2. The van der Waals surface area contributed by atoms with Crippen LogP contribution in [0.4, 0.5) is 5.69 Å². The molecule has 0 amide bonds. The molecule has 4 fully saturated rings. The van der Waals surface area contributed by atoms with Crippen LogP contribution in [-0.4, -0.2) is 60.2 Å². The van der Waals surface area contributed by atoms with Gasteiger partial charge < -0.3 is 20.4 Å². The van der Waals surface area contributed by atoms with Crippen LogP contribution in [0.15, 0.2) is 30.3 Å². The summed E-state index contributed by atoms with van der Waals surface area (Å²) in [5.41, 5.74) is 1.39. The maximum absolute atomic E-state index is 5.62. The van der Waals surface area contributed by atoms with E-state index in [0.717, 1.165) is 10.8 Å². The lowest BCUT2D eigenvalue weighted by atomic mass is 9.66. The van der Waals surface area contributed by atoms with E-state index in [1.807, 2.05) is 18.2 Å². The molecule has 5 rings (SSSR count). The van der Waals surface area contributed by atoms with Crippen molar-refractivity contribution < 1.29 is 0 Å². The van der Waals surface area contributed by atoms with E-state index in [1.165, 1.54) is 45.7 Å². The molecule has 124 valence electrons. The largest absolute Gasteiger partial charge is 0.359 e. The van der Waals surface area contributed by atoms with E-state index in [2.05, 4.69) is 39.5 Å². The first-order valence-corrected chi connectivity index (χ1v) is 9.17. The minimum Gasteiger partial charge on any atom is -0.359 e. The fraction of sp³-hybridized carbons (Fsp3) is 0.611. The Bertz CT molecular complexity index is 560. The lowest BCUT2D eigenvalue weighted by Crippen LogP contribution is -2.68. The van der Waals surface area contributed by atoms with Crippen molar-refractivity contribution in [2.45, 2.75) is 19.4 Å². The molecule has 4 aliphatic rings. The number of anilines is 1. The summed E-state index contributed by atoms with van der Waals surface area (Å²) < 4.78 is 0. The Labute approximate surface area is 144 Å². The zero-order chi connectivity index (χ0) is 15.9. The summed E-state index contributed by atoms with van der Waals surface area (Å²) in [6, 6.07) is 10.7. The first-order valence-electron chi connectivity index (χ1n) is 8.76. The molecule has 4 heterocycles. The predicted octanol–water partition coefficient (Wildman–Crippen LogP) is 2.00. The Morgan fingerprint density at radius 3 is 2.43 bits per heavy atom. The molecule has 0 aromatic heterocycles. The topological polar surface area (TPSA) is 30.5 Å². The number of rotatable bonds is 3. The maximum Gasteiger partial charge on any atom is 0.171 e. The van der Waals surface area contributed by atoms with E-state index in [1.54, 1.807) is 0 Å². The highest BCUT2D eigenvalue weighted by Gasteiger charge is 2.53. The zero-order valence-electron chi connectivity index (χ0n) is 13.8. The molecule has 0 saturated carbocycles. The van der Waals surface area contributed by atoms with Crippen LogP contribution >= 0.6 is 12.2 Å². The molecule has 2 unspecified atom stereocenters. The van der Waals surface area contributed by atoms with E-state index in [4.69, 9.17) is 12.2 Å². The third-order valence-electron chi connectivity index (χ3n) is 5.95. The molecule has 3 atom stereocenters. The van der Waals surface area contributed by atoms with Gasteiger partial charge in [0, 0.05) is 62.3 Å². The zero-order valence-corrected chi connectivity index (χ0v) is 14.6. The summed E-state index contributed by atoms with van der Waals surface area (Å²) in [5, 5.41) is 7.82. The Kier molecular flexibility index (Phi) is 4.03. The smallest absolute Gasteiger partial charge is 0.171 e. The standard InChI is InChI=1S/C18H26N4S/c1-2-18-12-21-8-9-22(13-18)11-14(10-21)16(18)20-17(23)19-15-6-4-3-5-7-15/h3-7,14,16H,2,8-13H2,1H3,(H2,19,20,23)/t14?,16-,18?/m1/s1. The molecule has 23 heavy (non-hydrogen) atoms. The molecule has 4 bridgehead atoms. The molecule has 4 saturated heterocycles. The monoisotopic (exact) mass is 330 g/mol. The van der Waals surface area contributed by atoms with Gasteiger partial charge in [-0.15, -0.1) is 0 Å². The minimum atomic E-state index is 0.333. The van der Waals surface area contributed by atoms with E-state index in [0.29, 0.717) is 17.4 Å². The first-order chi connectivity index (χ1) is 11.2. The average Bonchev–Trinajstić information content (AvgIpc) is 2.80. The van der Waals surface area contributed by atoms with E-state index in [9.17, 15) is 0 Å². The number of para-hydroxylation sites is 1. The van der Waals surface area contributed by atoms with Crippen molar-refractivity contribution in [1.29, 1.82) is 0 Å². The van der Waals surface area contributed by atoms with Crippen LogP contribution in [0.5, 0.6) is 0 Å². The number of fused-ring (bicyclic) bond motifs is 1. The second kappa shape index (κ2) is 6.04. The number of nitrogens with zero attached hydrogens (tertiary/aromatic N) is 2. The van der Waals surface area contributed by atoms with Gasteiger partial charge in [0.2, 0.25) is 0 Å². The fourth-order valence-corrected chi connectivity index (χ4v) is 5.11. The highest BCUT2D eigenvalue weighted by molar-refractivity contribution is 7.80. The van der Waals surface area contributed by atoms with Gasteiger partial charge in [-0.3, -0.25) is 0 Å². The van der Waals surface area contributed by atoms with Crippen molar-refractivity contribution in [2.75, 3.05) is 44.6 Å². The molecule has 0 radical (unpaired) electrons. The number of thiocarbonyl (C=S) groups is 1. The van der Waals surface area contributed by atoms with Gasteiger partial charge in [0.05, 0.1) is 0 Å². The molecular weight excluding hydrogens is 304 g/mol. The normalized spacial score (nSPS) is 38.1. The molecule has 0 spiro atoms. The third kappa shape index (κ3) is 2.86. The van der Waals surface area contributed by atoms with Crippen LogP contribution in [0.2, 0.25) is 0 Å². The molecule has 4 nitrogen and oxygen atoms in total. The second-order valence-corrected chi connectivity index (χ2v) is 7.80. The van der Waals surface area contributed by atoms with Crippen LogP contribution in [0.1, 0.15) is 13.3 Å². The van der Waals surface area contributed by atoms with E-state index < -0.39 is 0 Å². The molecule has 0 aliphatic carbocycles. The van der Waals surface area contributed by atoms with Crippen molar-refractivity contribution in [3.63, 3.8) is 0 Å². The van der Waals surface area contributed by atoms with Crippen LogP contribution < -0.4 is 10.6 Å². The summed E-state index contributed by atoms with van der Waals surface area (Å²) >= 11 is 5.62. The van der Waals surface area contributed by atoms with Crippen LogP contribution in [0.3, 0.4) is 0 Å². The Morgan fingerprint density at radius 2 is 1.83 bits per heavy atom. The van der Waals surface area contributed by atoms with Gasteiger partial charge in [-0.2, -0.15) is 0 Å². The van der Waals surface area contributed by atoms with Gasteiger partial charge in [0.1, 0.15) is 0 Å². The van der Waals surface area contributed by atoms with Crippen molar-refractivity contribution in [3.8, 4) is 0 Å². The second-order valence-electron chi connectivity index (χ2n) is 7.39. The Hall–Kier alpha value is -1.17. The molecule has 2 N–H and O–H groups in total. The first kappa shape index (κ1) is 15.4. The number of nitrogens with one attached hydrogen (secondary N) is 2. The summed E-state index contributed by atoms with van der Waals surface area (Å²) in [6.45, 7) is 9.66. The summed E-state index contributed by atoms with van der Waals surface area (Å²) in [5.74, 6) is 0.676. The van der Waals surface area contributed by atoms with Crippen molar-refractivity contribution in [3.05, 3.63) is 30.3 Å². The molecular formula is C18H26N4S. The quantitative estimate of drug-likeness (QED) is 0.828. The van der Waals surface area contributed by atoms with Crippen LogP contribution in [0.25, 0.3) is 0 Å². The summed E-state index contributed by atoms with van der Waals surface area (Å²) in [7, 11) is 0. The van der Waals surface area contributed by atoms with Crippen molar-refractivity contribution in [1.82, 2.24) is 15.1 Å². The lowest BCUT2D eigenvalue weighted by Gasteiger charge is -2.55. The Morgan fingerprint density at radius 1 is 1.17 bits per heavy atom. The Balaban J connectivity index is 1.50. The number of benzene rings is 1. The fourth-order valence-electron chi connectivity index (χ4n) is 4.87. The van der Waals surface area contributed by atoms with Gasteiger partial charge in [0.25, 0.3) is 0 Å². The molecule has 1 aromatic carbocycles. The summed E-state index contributed by atoms with van der Waals surface area (Å²) in [4.78, 5) is 5.35. The number of piperidine rings is 2. The van der Waals surface area contributed by atoms with E-state index >= 15 is 0 Å². The van der Waals surface area contributed by atoms with Gasteiger partial charge in [-0.1, -0.05) is 25.1 Å².